The number of hydrogen-bond acceptors (Lipinski definition) is 3. The summed E-state index contributed by atoms with van der Waals surface area (Å²) in [6.45, 7) is 2.38. The number of carbonyl (C=O) groups is 2. The molecule has 2 heterocycles. The van der Waals surface area contributed by atoms with Crippen molar-refractivity contribution in [1.29, 1.82) is 0 Å². The van der Waals surface area contributed by atoms with E-state index in [1.807, 2.05) is 9.80 Å². The van der Waals surface area contributed by atoms with Crippen molar-refractivity contribution in [3.63, 3.8) is 0 Å². The molecule has 7 heteroatoms. The Balaban J connectivity index is 1.31. The van der Waals surface area contributed by atoms with Gasteiger partial charge in [-0.3, -0.25) is 9.59 Å². The van der Waals surface area contributed by atoms with Crippen LogP contribution >= 0.6 is 0 Å². The Morgan fingerprint density at radius 1 is 1.00 bits per heavy atom. The summed E-state index contributed by atoms with van der Waals surface area (Å²) < 4.78 is 27.1. The van der Waals surface area contributed by atoms with Crippen LogP contribution in [0.2, 0.25) is 0 Å². The van der Waals surface area contributed by atoms with Crippen molar-refractivity contribution in [3.8, 4) is 0 Å². The van der Waals surface area contributed by atoms with Crippen molar-refractivity contribution >= 4 is 17.5 Å². The van der Waals surface area contributed by atoms with Gasteiger partial charge in [0.05, 0.1) is 11.6 Å². The van der Waals surface area contributed by atoms with E-state index in [1.54, 1.807) is 0 Å². The highest BCUT2D eigenvalue weighted by molar-refractivity contribution is 5.83. The zero-order valence-electron chi connectivity index (χ0n) is 15.3. The van der Waals surface area contributed by atoms with Gasteiger partial charge in [-0.1, -0.05) is 0 Å². The fourth-order valence-corrected chi connectivity index (χ4v) is 4.13. The molecule has 27 heavy (non-hydrogen) atoms. The van der Waals surface area contributed by atoms with E-state index in [4.69, 9.17) is 0 Å². The molecule has 0 spiro atoms. The molecule has 2 unspecified atom stereocenters. The van der Waals surface area contributed by atoms with E-state index in [1.165, 1.54) is 12.1 Å². The van der Waals surface area contributed by atoms with E-state index >= 15 is 0 Å². The van der Waals surface area contributed by atoms with Crippen LogP contribution in [-0.2, 0) is 9.59 Å². The Hall–Kier alpha value is -2.18. The molecular formula is C20H25F2N3O2. The molecule has 1 aromatic rings. The van der Waals surface area contributed by atoms with Gasteiger partial charge in [-0.15, -0.1) is 0 Å². The van der Waals surface area contributed by atoms with E-state index in [0.29, 0.717) is 25.3 Å². The van der Waals surface area contributed by atoms with Gasteiger partial charge < -0.3 is 15.1 Å². The molecule has 5 nitrogen and oxygen atoms in total. The summed E-state index contributed by atoms with van der Waals surface area (Å²) in [4.78, 5) is 28.6. The fraction of sp³-hybridized carbons (Fsp3) is 0.600. The van der Waals surface area contributed by atoms with Crippen molar-refractivity contribution in [2.75, 3.05) is 31.1 Å². The molecule has 2 amide bonds. The molecule has 2 atom stereocenters. The summed E-state index contributed by atoms with van der Waals surface area (Å²) >= 11 is 0. The predicted octanol–water partition coefficient (Wildman–Crippen LogP) is 2.31. The molecule has 0 radical (unpaired) electrons. The number of nitrogens with one attached hydrogen (secondary N) is 1. The molecule has 1 saturated carbocycles. The van der Waals surface area contributed by atoms with Gasteiger partial charge >= 0.3 is 0 Å². The number of nitrogens with zero attached hydrogens (tertiary/aromatic N) is 2. The lowest BCUT2D eigenvalue weighted by Crippen LogP contribution is -2.48. The van der Waals surface area contributed by atoms with Crippen molar-refractivity contribution < 1.29 is 18.4 Å². The minimum atomic E-state index is -0.595. The second-order valence-electron chi connectivity index (χ2n) is 7.93. The maximum Gasteiger partial charge on any atom is 0.225 e. The quantitative estimate of drug-likeness (QED) is 0.876. The second kappa shape index (κ2) is 7.44. The Morgan fingerprint density at radius 2 is 1.81 bits per heavy atom. The highest BCUT2D eigenvalue weighted by Gasteiger charge is 2.37. The van der Waals surface area contributed by atoms with Gasteiger partial charge in [0.25, 0.3) is 0 Å². The maximum atomic E-state index is 14.0. The lowest BCUT2D eigenvalue weighted by atomic mass is 9.96. The van der Waals surface area contributed by atoms with E-state index < -0.39 is 11.6 Å². The lowest BCUT2D eigenvalue weighted by Gasteiger charge is -2.32. The standard InChI is InChI=1S/C20H25F2N3O2/c21-15-5-6-18(17(22)10-15)24-9-7-16(12-24)23-19(26)14-2-1-8-25(11-14)20(27)13-3-4-13/h5-6,10,13-14,16H,1-4,7-9,11-12H2,(H,23,26). The van der Waals surface area contributed by atoms with Crippen LogP contribution in [0.25, 0.3) is 0 Å². The fourth-order valence-electron chi connectivity index (χ4n) is 4.13. The van der Waals surface area contributed by atoms with Crippen LogP contribution in [0.1, 0.15) is 32.1 Å². The number of hydrogen-bond donors (Lipinski definition) is 1. The smallest absolute Gasteiger partial charge is 0.225 e. The normalized spacial score (nSPS) is 25.6. The summed E-state index contributed by atoms with van der Waals surface area (Å²) in [5.41, 5.74) is 0.368. The number of rotatable bonds is 4. The summed E-state index contributed by atoms with van der Waals surface area (Å²) in [6.07, 6.45) is 4.32. The van der Waals surface area contributed by atoms with Crippen molar-refractivity contribution in [3.05, 3.63) is 29.8 Å². The van der Waals surface area contributed by atoms with E-state index in [2.05, 4.69) is 5.32 Å². The topological polar surface area (TPSA) is 52.7 Å². The third-order valence-electron chi connectivity index (χ3n) is 5.82. The zero-order chi connectivity index (χ0) is 19.0. The van der Waals surface area contributed by atoms with Crippen LogP contribution in [0, 0.1) is 23.5 Å². The average molecular weight is 377 g/mol. The number of likely N-dealkylation sites (tertiary alicyclic amines) is 1. The molecule has 1 aromatic carbocycles. The maximum absolute atomic E-state index is 14.0. The minimum Gasteiger partial charge on any atom is -0.367 e. The number of piperidine rings is 1. The van der Waals surface area contributed by atoms with Gasteiger partial charge in [-0.05, 0) is 44.2 Å². The average Bonchev–Trinajstić information content (AvgIpc) is 3.41. The highest BCUT2D eigenvalue weighted by atomic mass is 19.1. The van der Waals surface area contributed by atoms with Crippen LogP contribution in [0.15, 0.2) is 18.2 Å². The molecule has 3 aliphatic rings. The number of carbonyl (C=O) groups excluding carboxylic acids is 2. The Kier molecular flexibility index (Phi) is 5.02. The first-order valence-electron chi connectivity index (χ1n) is 9.80. The molecule has 1 N–H and O–H groups in total. The Bertz CT molecular complexity index is 738. The van der Waals surface area contributed by atoms with Crippen LogP contribution in [0.5, 0.6) is 0 Å². The largest absolute Gasteiger partial charge is 0.367 e. The number of anilines is 1. The van der Waals surface area contributed by atoms with Gasteiger partial charge in [0.1, 0.15) is 11.6 Å². The molecule has 4 rings (SSSR count). The van der Waals surface area contributed by atoms with Gasteiger partial charge in [0.2, 0.25) is 11.8 Å². The first-order chi connectivity index (χ1) is 13.0. The van der Waals surface area contributed by atoms with Crippen molar-refractivity contribution in [2.24, 2.45) is 11.8 Å². The summed E-state index contributed by atoms with van der Waals surface area (Å²) in [5, 5.41) is 3.07. The zero-order valence-corrected chi connectivity index (χ0v) is 15.3. The highest BCUT2D eigenvalue weighted by Crippen LogP contribution is 2.32. The molecule has 0 aromatic heterocycles. The van der Waals surface area contributed by atoms with Crippen LogP contribution in [0.3, 0.4) is 0 Å². The lowest BCUT2D eigenvalue weighted by molar-refractivity contribution is -0.136. The number of amides is 2. The second-order valence-corrected chi connectivity index (χ2v) is 7.93. The molecule has 3 fully saturated rings. The summed E-state index contributed by atoms with van der Waals surface area (Å²) in [6, 6.07) is 3.51. The van der Waals surface area contributed by atoms with Gasteiger partial charge in [-0.2, -0.15) is 0 Å². The van der Waals surface area contributed by atoms with Crippen LogP contribution < -0.4 is 10.2 Å². The van der Waals surface area contributed by atoms with E-state index in [9.17, 15) is 18.4 Å². The molecule has 2 saturated heterocycles. The van der Waals surface area contributed by atoms with Crippen molar-refractivity contribution in [1.82, 2.24) is 10.2 Å². The molecule has 1 aliphatic carbocycles. The summed E-state index contributed by atoms with van der Waals surface area (Å²) in [5.74, 6) is -0.980. The van der Waals surface area contributed by atoms with Gasteiger partial charge in [-0.25, -0.2) is 8.78 Å². The summed E-state index contributed by atoms with van der Waals surface area (Å²) in [7, 11) is 0. The predicted molar refractivity (Wildman–Crippen MR) is 97.1 cm³/mol. The first-order valence-corrected chi connectivity index (χ1v) is 9.80. The van der Waals surface area contributed by atoms with Gasteiger partial charge in [0, 0.05) is 44.2 Å². The first kappa shape index (κ1) is 18.2. The van der Waals surface area contributed by atoms with Crippen molar-refractivity contribution in [2.45, 2.75) is 38.1 Å². The number of halogens is 2. The third kappa shape index (κ3) is 4.06. The van der Waals surface area contributed by atoms with E-state index in [0.717, 1.165) is 44.7 Å². The molecular weight excluding hydrogens is 352 g/mol. The number of benzene rings is 1. The van der Waals surface area contributed by atoms with Crippen LogP contribution in [-0.4, -0.2) is 48.9 Å². The Morgan fingerprint density at radius 3 is 2.56 bits per heavy atom. The van der Waals surface area contributed by atoms with E-state index in [-0.39, 0.29) is 29.7 Å². The molecule has 146 valence electrons. The SMILES string of the molecule is O=C(NC1CCN(c2ccc(F)cc2F)C1)C1CCCN(C(=O)C2CC2)C1. The monoisotopic (exact) mass is 377 g/mol. The van der Waals surface area contributed by atoms with Gasteiger partial charge in [0.15, 0.2) is 0 Å². The third-order valence-corrected chi connectivity index (χ3v) is 5.82. The molecule has 0 bridgehead atoms. The minimum absolute atomic E-state index is 0.0188. The Labute approximate surface area is 157 Å². The van der Waals surface area contributed by atoms with Crippen LogP contribution in [0.4, 0.5) is 14.5 Å². The molecule has 2 aliphatic heterocycles.